The maximum Gasteiger partial charge on any atom is 0.241 e. The number of thiazole rings is 1. The summed E-state index contributed by atoms with van der Waals surface area (Å²) in [6.45, 7) is 8.37. The third-order valence-corrected chi connectivity index (χ3v) is 6.66. The molecule has 2 fully saturated rings. The molecule has 1 atom stereocenters. The quantitative estimate of drug-likeness (QED) is 0.889. The van der Waals surface area contributed by atoms with Crippen LogP contribution in [0.3, 0.4) is 0 Å². The van der Waals surface area contributed by atoms with E-state index in [0.29, 0.717) is 0 Å². The van der Waals surface area contributed by atoms with Gasteiger partial charge in [0.05, 0.1) is 16.7 Å². The highest BCUT2D eigenvalue weighted by atomic mass is 32.1. The summed E-state index contributed by atoms with van der Waals surface area (Å²) in [5.74, 6) is 0.238. The van der Waals surface area contributed by atoms with Crippen LogP contribution in [0.25, 0.3) is 0 Å². The van der Waals surface area contributed by atoms with Gasteiger partial charge in [-0.2, -0.15) is 0 Å². The van der Waals surface area contributed by atoms with Gasteiger partial charge in [-0.25, -0.2) is 4.98 Å². The van der Waals surface area contributed by atoms with Crippen molar-refractivity contribution >= 4 is 17.2 Å². The van der Waals surface area contributed by atoms with Gasteiger partial charge in [0.25, 0.3) is 0 Å². The van der Waals surface area contributed by atoms with Crippen LogP contribution >= 0.6 is 11.3 Å². The number of aromatic nitrogens is 1. The fourth-order valence-corrected chi connectivity index (χ4v) is 5.41. The minimum Gasteiger partial charge on any atom is -0.346 e. The summed E-state index contributed by atoms with van der Waals surface area (Å²) in [7, 11) is 0. The molecule has 24 heavy (non-hydrogen) atoms. The number of likely N-dealkylation sites (tertiary alicyclic amines) is 1. The molecule has 0 spiro atoms. The molecular weight excluding hydrogens is 318 g/mol. The Kier molecular flexibility index (Phi) is 5.60. The molecule has 0 radical (unpaired) electrons. The number of amides is 1. The number of carbonyl (C=O) groups is 1. The minimum atomic E-state index is -0.272. The van der Waals surface area contributed by atoms with E-state index in [1.165, 1.54) is 43.4 Å². The third kappa shape index (κ3) is 3.52. The molecule has 1 saturated carbocycles. The first kappa shape index (κ1) is 17.9. The van der Waals surface area contributed by atoms with E-state index < -0.39 is 0 Å². The van der Waals surface area contributed by atoms with Gasteiger partial charge in [-0.05, 0) is 59.5 Å². The molecule has 3 rings (SSSR count). The molecule has 1 amide bonds. The highest BCUT2D eigenvalue weighted by Gasteiger charge is 2.45. The van der Waals surface area contributed by atoms with Gasteiger partial charge in [-0.3, -0.25) is 9.69 Å². The zero-order valence-corrected chi connectivity index (χ0v) is 16.2. The van der Waals surface area contributed by atoms with Crippen LogP contribution in [0.5, 0.6) is 0 Å². The lowest BCUT2D eigenvalue weighted by atomic mass is 9.78. The Labute approximate surface area is 150 Å². The van der Waals surface area contributed by atoms with Crippen LogP contribution < -0.4 is 5.32 Å². The lowest BCUT2D eigenvalue weighted by molar-refractivity contribution is -0.137. The van der Waals surface area contributed by atoms with Gasteiger partial charge >= 0.3 is 0 Å². The van der Waals surface area contributed by atoms with Crippen LogP contribution in [0.15, 0.2) is 0 Å². The fraction of sp³-hybridized carbons (Fsp3) is 0.789. The standard InChI is InChI=1S/C19H31N3OS/c1-14(17-15(2)24-16(3)21-17)20-18(23)19(10-6-4-7-11-19)22-12-8-5-9-13-22/h14H,4-13H2,1-3H3,(H,20,23)/t14-/m0/s1. The van der Waals surface area contributed by atoms with Crippen LogP contribution in [0.1, 0.15) is 79.9 Å². The van der Waals surface area contributed by atoms with Crippen molar-refractivity contribution in [3.05, 3.63) is 15.6 Å². The number of aryl methyl sites for hydroxylation is 2. The molecule has 134 valence electrons. The number of carbonyl (C=O) groups excluding carboxylic acids is 1. The van der Waals surface area contributed by atoms with Gasteiger partial charge < -0.3 is 5.32 Å². The van der Waals surface area contributed by atoms with E-state index in [0.717, 1.165) is 36.6 Å². The van der Waals surface area contributed by atoms with Gasteiger partial charge in [0.1, 0.15) is 5.54 Å². The van der Waals surface area contributed by atoms with E-state index >= 15 is 0 Å². The van der Waals surface area contributed by atoms with Gasteiger partial charge in [0.2, 0.25) is 5.91 Å². The molecule has 0 aromatic carbocycles. The summed E-state index contributed by atoms with van der Waals surface area (Å²) >= 11 is 1.71. The zero-order chi connectivity index (χ0) is 17.2. The van der Waals surface area contributed by atoms with Gasteiger partial charge in [-0.1, -0.05) is 25.7 Å². The lowest BCUT2D eigenvalue weighted by Gasteiger charge is -2.47. The summed E-state index contributed by atoms with van der Waals surface area (Å²) in [5.41, 5.74) is 0.766. The average molecular weight is 350 g/mol. The molecule has 5 heteroatoms. The van der Waals surface area contributed by atoms with Crippen molar-refractivity contribution in [3.63, 3.8) is 0 Å². The van der Waals surface area contributed by atoms with Gasteiger partial charge in [0.15, 0.2) is 0 Å². The van der Waals surface area contributed by atoms with E-state index in [1.807, 2.05) is 6.92 Å². The van der Waals surface area contributed by atoms with Crippen LogP contribution in [0.4, 0.5) is 0 Å². The third-order valence-electron chi connectivity index (χ3n) is 5.76. The second-order valence-electron chi connectivity index (χ2n) is 7.51. The van der Waals surface area contributed by atoms with Gasteiger partial charge in [0, 0.05) is 4.88 Å². The molecule has 1 saturated heterocycles. The smallest absolute Gasteiger partial charge is 0.241 e. The average Bonchev–Trinajstić information content (AvgIpc) is 2.94. The van der Waals surface area contributed by atoms with E-state index in [1.54, 1.807) is 11.3 Å². The number of nitrogens with zero attached hydrogens (tertiary/aromatic N) is 2. The summed E-state index contributed by atoms with van der Waals surface area (Å²) in [6, 6.07) is -0.00829. The molecule has 1 aliphatic carbocycles. The molecule has 0 bridgehead atoms. The Morgan fingerprint density at radius 1 is 1.12 bits per heavy atom. The zero-order valence-electron chi connectivity index (χ0n) is 15.4. The summed E-state index contributed by atoms with van der Waals surface area (Å²) in [4.78, 5) is 21.7. The van der Waals surface area contributed by atoms with Crippen molar-refractivity contribution in [2.45, 2.75) is 83.7 Å². The summed E-state index contributed by atoms with van der Waals surface area (Å²) in [6.07, 6.45) is 9.41. The highest BCUT2D eigenvalue weighted by Crippen LogP contribution is 2.36. The summed E-state index contributed by atoms with van der Waals surface area (Å²) in [5, 5.41) is 4.40. The maximum absolute atomic E-state index is 13.3. The molecule has 1 aromatic rings. The predicted molar refractivity (Wildman–Crippen MR) is 99.4 cm³/mol. The Hall–Kier alpha value is -0.940. The predicted octanol–water partition coefficient (Wildman–Crippen LogP) is 4.13. The normalized spacial score (nSPS) is 23.0. The monoisotopic (exact) mass is 349 g/mol. The Bertz CT molecular complexity index is 571. The molecule has 1 N–H and O–H groups in total. The molecule has 2 heterocycles. The number of hydrogen-bond donors (Lipinski definition) is 1. The summed E-state index contributed by atoms with van der Waals surface area (Å²) < 4.78 is 0. The largest absolute Gasteiger partial charge is 0.346 e. The van der Waals surface area contributed by atoms with Crippen LogP contribution in [0, 0.1) is 13.8 Å². The second kappa shape index (κ2) is 7.52. The molecule has 2 aliphatic rings. The van der Waals surface area contributed by atoms with Gasteiger partial charge in [-0.15, -0.1) is 11.3 Å². The molecular formula is C19H31N3OS. The molecule has 0 unspecified atom stereocenters. The first-order valence-electron chi connectivity index (χ1n) is 9.53. The maximum atomic E-state index is 13.3. The first-order chi connectivity index (χ1) is 11.5. The van der Waals surface area contributed by atoms with E-state index in [9.17, 15) is 4.79 Å². The lowest BCUT2D eigenvalue weighted by Crippen LogP contribution is -2.61. The minimum absolute atomic E-state index is 0.00829. The van der Waals surface area contributed by atoms with Crippen LogP contribution in [-0.4, -0.2) is 34.4 Å². The topological polar surface area (TPSA) is 45.2 Å². The highest BCUT2D eigenvalue weighted by molar-refractivity contribution is 7.11. The number of hydrogen-bond acceptors (Lipinski definition) is 4. The molecule has 1 aromatic heterocycles. The second-order valence-corrected chi connectivity index (χ2v) is 8.92. The van der Waals surface area contributed by atoms with Crippen LogP contribution in [0.2, 0.25) is 0 Å². The first-order valence-corrected chi connectivity index (χ1v) is 10.3. The number of piperidine rings is 1. The van der Waals surface area contributed by atoms with Crippen molar-refractivity contribution in [3.8, 4) is 0 Å². The van der Waals surface area contributed by atoms with Crippen molar-refractivity contribution in [1.82, 2.24) is 15.2 Å². The SMILES string of the molecule is Cc1nc([C@H](C)NC(=O)C2(N3CCCCC3)CCCCC2)c(C)s1. The molecule has 1 aliphatic heterocycles. The fourth-order valence-electron chi connectivity index (χ4n) is 4.49. The van der Waals surface area contributed by atoms with Crippen LogP contribution in [-0.2, 0) is 4.79 Å². The molecule has 4 nitrogen and oxygen atoms in total. The van der Waals surface area contributed by atoms with E-state index in [-0.39, 0.29) is 17.5 Å². The van der Waals surface area contributed by atoms with E-state index in [4.69, 9.17) is 0 Å². The van der Waals surface area contributed by atoms with Crippen molar-refractivity contribution in [2.24, 2.45) is 0 Å². The van der Waals surface area contributed by atoms with E-state index in [2.05, 4.69) is 29.0 Å². The Morgan fingerprint density at radius 2 is 1.75 bits per heavy atom. The van der Waals surface area contributed by atoms with Crippen molar-refractivity contribution < 1.29 is 4.79 Å². The number of rotatable bonds is 4. The number of nitrogens with one attached hydrogen (secondary N) is 1. The van der Waals surface area contributed by atoms with Crippen molar-refractivity contribution in [1.29, 1.82) is 0 Å². The Morgan fingerprint density at radius 3 is 2.33 bits per heavy atom. The Balaban J connectivity index is 1.77. The van der Waals surface area contributed by atoms with Crippen molar-refractivity contribution in [2.75, 3.05) is 13.1 Å².